The van der Waals surface area contributed by atoms with Gasteiger partial charge in [-0.3, -0.25) is 4.79 Å². The number of carbonyl (C=O) groups is 1. The van der Waals surface area contributed by atoms with Crippen molar-refractivity contribution in [3.63, 3.8) is 0 Å². The molecule has 8 heteroatoms. The molecule has 1 N–H and O–H groups in total. The third kappa shape index (κ3) is 2.56. The molecular weight excluding hydrogens is 240 g/mol. The van der Waals surface area contributed by atoms with Gasteiger partial charge in [-0.2, -0.15) is 26.3 Å². The first-order valence-electron chi connectivity index (χ1n) is 3.95. The monoisotopic (exact) mass is 245 g/mol. The number of aromatic amines is 1. The number of hydrogen-bond acceptors (Lipinski definition) is 1. The van der Waals surface area contributed by atoms with E-state index >= 15 is 0 Å². The quantitative estimate of drug-likeness (QED) is 0.630. The SMILES string of the molecule is O=C(c1ccc[nH]1)C(C(F)(F)F)C(F)(F)F. The number of hydrogen-bond donors (Lipinski definition) is 1. The molecule has 1 heterocycles. The number of halogens is 6. The Labute approximate surface area is 85.3 Å². The van der Waals surface area contributed by atoms with Gasteiger partial charge in [0.05, 0.1) is 5.69 Å². The molecule has 0 aliphatic heterocycles. The minimum atomic E-state index is -5.65. The molecule has 0 bridgehead atoms. The predicted octanol–water partition coefficient (Wildman–Crippen LogP) is 2.94. The van der Waals surface area contributed by atoms with E-state index in [4.69, 9.17) is 0 Å². The van der Waals surface area contributed by atoms with Crippen LogP contribution in [0.1, 0.15) is 10.5 Å². The second-order valence-corrected chi connectivity index (χ2v) is 2.96. The summed E-state index contributed by atoms with van der Waals surface area (Å²) >= 11 is 0. The summed E-state index contributed by atoms with van der Waals surface area (Å²) < 4.78 is 72.6. The van der Waals surface area contributed by atoms with E-state index < -0.39 is 29.7 Å². The summed E-state index contributed by atoms with van der Waals surface area (Å²) in [5.41, 5.74) is -0.723. The largest absolute Gasteiger partial charge is 0.407 e. The Morgan fingerprint density at radius 3 is 1.94 bits per heavy atom. The summed E-state index contributed by atoms with van der Waals surface area (Å²) in [5.74, 6) is -6.02. The molecule has 0 saturated heterocycles. The van der Waals surface area contributed by atoms with Crippen molar-refractivity contribution in [2.45, 2.75) is 12.4 Å². The molecule has 16 heavy (non-hydrogen) atoms. The van der Waals surface area contributed by atoms with Gasteiger partial charge in [0.25, 0.3) is 0 Å². The van der Waals surface area contributed by atoms with Gasteiger partial charge in [0.15, 0.2) is 5.78 Å². The molecule has 0 atom stereocenters. The lowest BCUT2D eigenvalue weighted by atomic mass is 10.0. The lowest BCUT2D eigenvalue weighted by Crippen LogP contribution is -2.42. The molecule has 90 valence electrons. The maximum absolute atomic E-state index is 12.1. The number of aromatic nitrogens is 1. The van der Waals surface area contributed by atoms with Crippen molar-refractivity contribution in [3.8, 4) is 0 Å². The minimum absolute atomic E-state index is 0.723. The predicted molar refractivity (Wildman–Crippen MR) is 40.7 cm³/mol. The molecule has 0 radical (unpaired) electrons. The number of alkyl halides is 6. The highest BCUT2D eigenvalue weighted by molar-refractivity contribution is 5.97. The van der Waals surface area contributed by atoms with Crippen molar-refractivity contribution in [1.29, 1.82) is 0 Å². The van der Waals surface area contributed by atoms with Crippen LogP contribution in [0, 0.1) is 5.92 Å². The van der Waals surface area contributed by atoms with Crippen LogP contribution < -0.4 is 0 Å². The normalized spacial score (nSPS) is 13.2. The zero-order chi connectivity index (χ0) is 12.6. The summed E-state index contributed by atoms with van der Waals surface area (Å²) in [6, 6.07) is 1.99. The van der Waals surface area contributed by atoms with Gasteiger partial charge in [-0.15, -0.1) is 0 Å². The molecule has 1 rings (SSSR count). The summed E-state index contributed by atoms with van der Waals surface area (Å²) in [6.45, 7) is 0. The highest BCUT2D eigenvalue weighted by Gasteiger charge is 2.61. The zero-order valence-corrected chi connectivity index (χ0v) is 7.49. The van der Waals surface area contributed by atoms with Crippen LogP contribution in [0.3, 0.4) is 0 Å². The number of Topliss-reactive ketones (excluding diaryl/α,β-unsaturated/α-hetero) is 1. The average molecular weight is 245 g/mol. The number of rotatable bonds is 2. The van der Waals surface area contributed by atoms with Crippen LogP contribution in [0.4, 0.5) is 26.3 Å². The van der Waals surface area contributed by atoms with Crippen molar-refractivity contribution < 1.29 is 31.1 Å². The van der Waals surface area contributed by atoms with E-state index in [2.05, 4.69) is 0 Å². The average Bonchev–Trinajstić information content (AvgIpc) is 2.48. The lowest BCUT2D eigenvalue weighted by molar-refractivity contribution is -0.265. The summed E-state index contributed by atoms with van der Waals surface area (Å²) in [7, 11) is 0. The van der Waals surface area contributed by atoms with Crippen molar-refractivity contribution in [1.82, 2.24) is 4.98 Å². The molecule has 0 spiro atoms. The summed E-state index contributed by atoms with van der Waals surface area (Å²) in [4.78, 5) is 13.0. The Morgan fingerprint density at radius 2 is 1.62 bits per heavy atom. The van der Waals surface area contributed by atoms with Crippen LogP contribution in [0.15, 0.2) is 18.3 Å². The van der Waals surface area contributed by atoms with Crippen molar-refractivity contribution in [3.05, 3.63) is 24.0 Å². The highest BCUT2D eigenvalue weighted by atomic mass is 19.4. The van der Waals surface area contributed by atoms with Gasteiger partial charge in [0.2, 0.25) is 5.92 Å². The second-order valence-electron chi connectivity index (χ2n) is 2.96. The van der Waals surface area contributed by atoms with Crippen molar-refractivity contribution in [2.75, 3.05) is 0 Å². The van der Waals surface area contributed by atoms with Crippen LogP contribution in [-0.2, 0) is 0 Å². The fourth-order valence-corrected chi connectivity index (χ4v) is 1.12. The van der Waals surface area contributed by atoms with Crippen LogP contribution in [0.25, 0.3) is 0 Å². The van der Waals surface area contributed by atoms with Gasteiger partial charge < -0.3 is 4.98 Å². The number of nitrogens with one attached hydrogen (secondary N) is 1. The van der Waals surface area contributed by atoms with Crippen molar-refractivity contribution in [2.24, 2.45) is 5.92 Å². The number of carbonyl (C=O) groups excluding carboxylic acids is 1. The standard InChI is InChI=1S/C8H5F6NO/c9-7(10,11)6(8(12,13)14)5(16)4-2-1-3-15-4/h1-3,6,15H. The van der Waals surface area contributed by atoms with Crippen molar-refractivity contribution >= 4 is 5.78 Å². The fraction of sp³-hybridized carbons (Fsp3) is 0.375. The van der Waals surface area contributed by atoms with Gasteiger partial charge in [-0.25, -0.2) is 0 Å². The van der Waals surface area contributed by atoms with Crippen LogP contribution >= 0.6 is 0 Å². The third-order valence-electron chi connectivity index (χ3n) is 1.78. The Hall–Kier alpha value is -1.47. The molecule has 0 unspecified atom stereocenters. The van der Waals surface area contributed by atoms with Gasteiger partial charge in [0.1, 0.15) is 0 Å². The van der Waals surface area contributed by atoms with E-state index in [-0.39, 0.29) is 0 Å². The van der Waals surface area contributed by atoms with Gasteiger partial charge in [-0.1, -0.05) is 0 Å². The van der Waals surface area contributed by atoms with E-state index in [1.807, 2.05) is 4.98 Å². The Balaban J connectivity index is 3.09. The van der Waals surface area contributed by atoms with Gasteiger partial charge in [0, 0.05) is 6.20 Å². The molecule has 1 aromatic rings. The molecule has 0 aromatic carbocycles. The zero-order valence-electron chi connectivity index (χ0n) is 7.49. The molecule has 0 saturated carbocycles. The van der Waals surface area contributed by atoms with Gasteiger partial charge >= 0.3 is 12.4 Å². The van der Waals surface area contributed by atoms with E-state index in [0.29, 0.717) is 0 Å². The van der Waals surface area contributed by atoms with E-state index in [1.165, 1.54) is 0 Å². The third-order valence-corrected chi connectivity index (χ3v) is 1.78. The number of H-pyrrole nitrogens is 1. The van der Waals surface area contributed by atoms with Crippen LogP contribution in [0.2, 0.25) is 0 Å². The Kier molecular flexibility index (Phi) is 3.02. The maximum atomic E-state index is 12.1. The smallest absolute Gasteiger partial charge is 0.359 e. The second kappa shape index (κ2) is 3.84. The Morgan fingerprint density at radius 1 is 1.12 bits per heavy atom. The van der Waals surface area contributed by atoms with E-state index in [9.17, 15) is 31.1 Å². The summed E-state index contributed by atoms with van der Waals surface area (Å²) in [5, 5.41) is 0. The topological polar surface area (TPSA) is 32.9 Å². The van der Waals surface area contributed by atoms with Gasteiger partial charge in [-0.05, 0) is 12.1 Å². The number of ketones is 1. The first-order valence-corrected chi connectivity index (χ1v) is 3.95. The van der Waals surface area contributed by atoms with E-state index in [1.54, 1.807) is 0 Å². The lowest BCUT2D eigenvalue weighted by Gasteiger charge is -2.20. The molecule has 1 aromatic heterocycles. The first-order chi connectivity index (χ1) is 7.14. The molecular formula is C8H5F6NO. The Bertz CT molecular complexity index is 349. The van der Waals surface area contributed by atoms with Crippen LogP contribution in [0.5, 0.6) is 0 Å². The molecule has 0 aliphatic rings. The van der Waals surface area contributed by atoms with E-state index in [0.717, 1.165) is 18.3 Å². The maximum Gasteiger partial charge on any atom is 0.407 e. The molecule has 0 aliphatic carbocycles. The highest BCUT2D eigenvalue weighted by Crippen LogP contribution is 2.40. The summed E-state index contributed by atoms with van der Waals surface area (Å²) in [6.07, 6.45) is -10.2. The molecule has 0 fully saturated rings. The van der Waals surface area contributed by atoms with Crippen LogP contribution in [-0.4, -0.2) is 23.1 Å². The first kappa shape index (κ1) is 12.6. The minimum Gasteiger partial charge on any atom is -0.359 e. The fourth-order valence-electron chi connectivity index (χ4n) is 1.12. The molecule has 0 amide bonds. The molecule has 2 nitrogen and oxygen atoms in total.